The van der Waals surface area contributed by atoms with Gasteiger partial charge in [-0.15, -0.1) is 0 Å². The maximum absolute atomic E-state index is 13.6. The number of amides is 1. The van der Waals surface area contributed by atoms with Gasteiger partial charge < -0.3 is 5.11 Å². The second kappa shape index (κ2) is 8.96. The highest BCUT2D eigenvalue weighted by Gasteiger charge is 2.63. The zero-order valence-electron chi connectivity index (χ0n) is 15.8. The summed E-state index contributed by atoms with van der Waals surface area (Å²) in [6, 6.07) is 13.8. The average molecular weight is 459 g/mol. The van der Waals surface area contributed by atoms with E-state index < -0.39 is 24.2 Å². The number of aliphatic hydroxyl groups is 1. The fourth-order valence-electron chi connectivity index (χ4n) is 3.27. The first-order chi connectivity index (χ1) is 14.1. The zero-order chi connectivity index (χ0) is 21.9. The number of rotatable bonds is 6. The summed E-state index contributed by atoms with van der Waals surface area (Å²) >= 11 is 11.8. The predicted molar refractivity (Wildman–Crippen MR) is 109 cm³/mol. The molecule has 2 aromatic carbocycles. The number of hydrazone groups is 1. The van der Waals surface area contributed by atoms with Crippen LogP contribution < -0.4 is 0 Å². The fourth-order valence-corrected chi connectivity index (χ4v) is 3.79. The molecule has 160 valence electrons. The van der Waals surface area contributed by atoms with Crippen LogP contribution in [-0.2, 0) is 11.2 Å². The van der Waals surface area contributed by atoms with Gasteiger partial charge in [-0.05, 0) is 43.0 Å². The van der Waals surface area contributed by atoms with Gasteiger partial charge >= 0.3 is 6.18 Å². The number of unbranched alkanes of at least 4 members (excludes halogenated alkanes) is 1. The molecule has 1 aliphatic rings. The third-order valence-corrected chi connectivity index (χ3v) is 5.26. The van der Waals surface area contributed by atoms with Crippen LogP contribution in [0.3, 0.4) is 0 Å². The molecule has 0 spiro atoms. The first kappa shape index (κ1) is 22.6. The SMILES string of the molecule is O=C(CCCCc1ccccc1)N1N=C(c2cc(Cl)cc(Cl)c2)CC1(O)C(F)(F)F. The summed E-state index contributed by atoms with van der Waals surface area (Å²) in [5.41, 5.74) is -2.23. The van der Waals surface area contributed by atoms with Crippen LogP contribution in [0.5, 0.6) is 0 Å². The largest absolute Gasteiger partial charge is 0.438 e. The highest BCUT2D eigenvalue weighted by molar-refractivity contribution is 6.35. The minimum Gasteiger partial charge on any atom is -0.362 e. The Labute approximate surface area is 181 Å². The van der Waals surface area contributed by atoms with E-state index in [1.165, 1.54) is 18.2 Å². The Morgan fingerprint density at radius 1 is 1.10 bits per heavy atom. The number of hydrogen-bond donors (Lipinski definition) is 1. The maximum Gasteiger partial charge on any atom is 0.438 e. The van der Waals surface area contributed by atoms with Gasteiger partial charge in [-0.25, -0.2) is 0 Å². The summed E-state index contributed by atoms with van der Waals surface area (Å²) in [5, 5.41) is 14.7. The van der Waals surface area contributed by atoms with Crippen molar-refractivity contribution < 1.29 is 23.1 Å². The van der Waals surface area contributed by atoms with Crippen LogP contribution in [-0.4, -0.2) is 33.6 Å². The van der Waals surface area contributed by atoms with Crippen molar-refractivity contribution in [3.63, 3.8) is 0 Å². The molecule has 0 saturated carbocycles. The van der Waals surface area contributed by atoms with E-state index in [1.807, 2.05) is 30.3 Å². The van der Waals surface area contributed by atoms with Gasteiger partial charge in [0.15, 0.2) is 0 Å². The van der Waals surface area contributed by atoms with Crippen molar-refractivity contribution in [3.05, 3.63) is 69.7 Å². The van der Waals surface area contributed by atoms with Crippen molar-refractivity contribution in [2.45, 2.75) is 44.0 Å². The van der Waals surface area contributed by atoms with Crippen molar-refractivity contribution in [2.24, 2.45) is 5.10 Å². The molecule has 1 unspecified atom stereocenters. The normalized spacial score (nSPS) is 19.1. The molecule has 1 amide bonds. The molecule has 4 nitrogen and oxygen atoms in total. The van der Waals surface area contributed by atoms with Crippen molar-refractivity contribution in [3.8, 4) is 0 Å². The Hall–Kier alpha value is -2.09. The third kappa shape index (κ3) is 4.96. The second-order valence-electron chi connectivity index (χ2n) is 7.09. The Bertz CT molecular complexity index is 931. The molecule has 0 bridgehead atoms. The van der Waals surface area contributed by atoms with Gasteiger partial charge in [0.1, 0.15) is 0 Å². The van der Waals surface area contributed by atoms with Crippen molar-refractivity contribution in [2.75, 3.05) is 0 Å². The van der Waals surface area contributed by atoms with E-state index >= 15 is 0 Å². The van der Waals surface area contributed by atoms with E-state index in [1.54, 1.807) is 0 Å². The van der Waals surface area contributed by atoms with Gasteiger partial charge in [-0.3, -0.25) is 4.79 Å². The van der Waals surface area contributed by atoms with E-state index in [2.05, 4.69) is 5.10 Å². The monoisotopic (exact) mass is 458 g/mol. The molecule has 0 aliphatic carbocycles. The molecule has 0 saturated heterocycles. The number of nitrogens with zero attached hydrogens (tertiary/aromatic N) is 2. The number of benzene rings is 2. The number of halogens is 5. The number of alkyl halides is 3. The summed E-state index contributed by atoms with van der Waals surface area (Å²) in [6.45, 7) is 0. The van der Waals surface area contributed by atoms with Crippen LogP contribution in [0, 0.1) is 0 Å². The smallest absolute Gasteiger partial charge is 0.362 e. The first-order valence-electron chi connectivity index (χ1n) is 9.30. The Morgan fingerprint density at radius 3 is 2.33 bits per heavy atom. The summed E-state index contributed by atoms with van der Waals surface area (Å²) in [4.78, 5) is 12.5. The highest BCUT2D eigenvalue weighted by atomic mass is 35.5. The number of carbonyl (C=O) groups excluding carboxylic acids is 1. The van der Waals surface area contributed by atoms with Crippen LogP contribution in [0.15, 0.2) is 53.6 Å². The van der Waals surface area contributed by atoms with Gasteiger partial charge in [0.2, 0.25) is 5.91 Å². The summed E-state index contributed by atoms with van der Waals surface area (Å²) in [7, 11) is 0. The van der Waals surface area contributed by atoms with E-state index in [0.29, 0.717) is 19.3 Å². The Morgan fingerprint density at radius 2 is 1.73 bits per heavy atom. The predicted octanol–water partition coefficient (Wildman–Crippen LogP) is 5.59. The van der Waals surface area contributed by atoms with Crippen LogP contribution in [0.1, 0.15) is 36.8 Å². The van der Waals surface area contributed by atoms with Gasteiger partial charge in [0, 0.05) is 22.0 Å². The summed E-state index contributed by atoms with van der Waals surface area (Å²) in [5.74, 6) is -0.897. The van der Waals surface area contributed by atoms with Gasteiger partial charge in [0.05, 0.1) is 12.1 Å². The lowest BCUT2D eigenvalue weighted by atomic mass is 10.0. The Kier molecular flexibility index (Phi) is 6.75. The number of carbonyl (C=O) groups is 1. The molecular weight excluding hydrogens is 440 g/mol. The van der Waals surface area contributed by atoms with Gasteiger partial charge in [0.25, 0.3) is 5.72 Å². The summed E-state index contributed by atoms with van der Waals surface area (Å²) in [6.07, 6.45) is -4.46. The number of aryl methyl sites for hydroxylation is 1. The van der Waals surface area contributed by atoms with E-state index in [0.717, 1.165) is 5.56 Å². The molecule has 0 fully saturated rings. The quantitative estimate of drug-likeness (QED) is 0.573. The van der Waals surface area contributed by atoms with Gasteiger partial charge in [-0.1, -0.05) is 53.5 Å². The molecule has 0 radical (unpaired) electrons. The van der Waals surface area contributed by atoms with Crippen molar-refractivity contribution >= 4 is 34.8 Å². The van der Waals surface area contributed by atoms with Crippen molar-refractivity contribution in [1.29, 1.82) is 0 Å². The maximum atomic E-state index is 13.6. The van der Waals surface area contributed by atoms with Gasteiger partial charge in [-0.2, -0.15) is 23.3 Å². The van der Waals surface area contributed by atoms with E-state index in [9.17, 15) is 23.1 Å². The van der Waals surface area contributed by atoms with Crippen LogP contribution >= 0.6 is 23.2 Å². The molecule has 2 aromatic rings. The molecule has 1 N–H and O–H groups in total. The topological polar surface area (TPSA) is 52.9 Å². The third-order valence-electron chi connectivity index (χ3n) is 4.82. The lowest BCUT2D eigenvalue weighted by molar-refractivity contribution is -0.302. The molecule has 30 heavy (non-hydrogen) atoms. The second-order valence-corrected chi connectivity index (χ2v) is 7.97. The molecular formula is C21H19Cl2F3N2O2. The molecule has 3 rings (SSSR count). The minimum atomic E-state index is -5.08. The molecule has 0 aromatic heterocycles. The van der Waals surface area contributed by atoms with Crippen LogP contribution in [0.4, 0.5) is 13.2 Å². The standard InChI is InChI=1S/C21H19Cl2F3N2O2/c22-16-10-15(11-17(23)12-16)18-13-20(30,21(24,25)26)28(27-18)19(29)9-5-4-8-14-6-2-1-3-7-14/h1-3,6-7,10-12,30H,4-5,8-9,13H2. The van der Waals surface area contributed by atoms with Crippen LogP contribution in [0.2, 0.25) is 10.0 Å². The first-order valence-corrected chi connectivity index (χ1v) is 10.1. The molecule has 1 aliphatic heterocycles. The van der Waals surface area contributed by atoms with E-state index in [4.69, 9.17) is 23.2 Å². The summed E-state index contributed by atoms with van der Waals surface area (Å²) < 4.78 is 40.9. The fraction of sp³-hybridized carbons (Fsp3) is 0.333. The number of hydrogen-bond acceptors (Lipinski definition) is 3. The zero-order valence-corrected chi connectivity index (χ0v) is 17.3. The van der Waals surface area contributed by atoms with Crippen molar-refractivity contribution in [1.82, 2.24) is 5.01 Å². The average Bonchev–Trinajstić information content (AvgIpc) is 3.04. The lowest BCUT2D eigenvalue weighted by Gasteiger charge is -2.32. The Balaban J connectivity index is 1.74. The highest BCUT2D eigenvalue weighted by Crippen LogP contribution is 2.42. The van der Waals surface area contributed by atoms with E-state index in [-0.39, 0.29) is 32.8 Å². The van der Waals surface area contributed by atoms with Crippen LogP contribution in [0.25, 0.3) is 0 Å². The molecule has 9 heteroatoms. The lowest BCUT2D eigenvalue weighted by Crippen LogP contribution is -2.56. The molecule has 1 atom stereocenters. The minimum absolute atomic E-state index is 0.114. The molecule has 1 heterocycles.